The lowest BCUT2D eigenvalue weighted by molar-refractivity contribution is -0.128. The van der Waals surface area contributed by atoms with Crippen molar-refractivity contribution in [3.8, 4) is 5.75 Å². The van der Waals surface area contributed by atoms with Crippen molar-refractivity contribution in [3.63, 3.8) is 0 Å². The van der Waals surface area contributed by atoms with E-state index in [0.29, 0.717) is 13.2 Å². The molecule has 37 heavy (non-hydrogen) atoms. The van der Waals surface area contributed by atoms with Crippen LogP contribution in [0.3, 0.4) is 0 Å². The first kappa shape index (κ1) is 26.8. The van der Waals surface area contributed by atoms with Crippen molar-refractivity contribution in [2.45, 2.75) is 63.3 Å². The van der Waals surface area contributed by atoms with Crippen molar-refractivity contribution >= 4 is 29.3 Å². The molecule has 0 aliphatic carbocycles. The number of aryl methyl sites for hydroxylation is 1. The zero-order valence-corrected chi connectivity index (χ0v) is 22.9. The Labute approximate surface area is 224 Å². The number of carbonyl (C=O) groups is 2. The van der Waals surface area contributed by atoms with Crippen LogP contribution in [0.2, 0.25) is 0 Å². The number of para-hydroxylation sites is 1. The van der Waals surface area contributed by atoms with Crippen LogP contribution in [0.15, 0.2) is 77.7 Å². The van der Waals surface area contributed by atoms with Gasteiger partial charge >= 0.3 is 0 Å². The van der Waals surface area contributed by atoms with Gasteiger partial charge in [0, 0.05) is 4.90 Å². The summed E-state index contributed by atoms with van der Waals surface area (Å²) in [5, 5.41) is 2.62. The van der Waals surface area contributed by atoms with Crippen molar-refractivity contribution in [1.29, 1.82) is 0 Å². The number of fused-ring (bicyclic) bond motifs is 1. The molecule has 0 spiro atoms. The van der Waals surface area contributed by atoms with E-state index in [1.807, 2.05) is 79.4 Å². The summed E-state index contributed by atoms with van der Waals surface area (Å²) >= 11 is 1.49. The number of hydrogen-bond donors (Lipinski definition) is 1. The molecular weight excluding hydrogens is 480 g/mol. The predicted octanol–water partition coefficient (Wildman–Crippen LogP) is 6.69. The highest BCUT2D eigenvalue weighted by Gasteiger charge is 2.39. The zero-order chi connectivity index (χ0) is 26.4. The molecule has 2 amide bonds. The number of ether oxygens (including phenoxy) is 1. The van der Waals surface area contributed by atoms with Crippen molar-refractivity contribution in [2.24, 2.45) is 5.92 Å². The van der Waals surface area contributed by atoms with E-state index in [4.69, 9.17) is 4.74 Å². The number of anilines is 1. The molecule has 0 bridgehead atoms. The number of unbranched alkanes of at least 4 members (excludes halogenated alkanes) is 1. The Balaban J connectivity index is 1.46. The average molecular weight is 517 g/mol. The Morgan fingerprint density at radius 1 is 1.03 bits per heavy atom. The highest BCUT2D eigenvalue weighted by molar-refractivity contribution is 8.01. The number of nitrogens with zero attached hydrogens (tertiary/aromatic N) is 1. The van der Waals surface area contributed by atoms with Crippen LogP contribution >= 0.6 is 11.8 Å². The molecule has 1 heterocycles. The minimum absolute atomic E-state index is 0.0316. The molecule has 0 unspecified atom stereocenters. The van der Waals surface area contributed by atoms with Gasteiger partial charge in [-0.15, -0.1) is 11.8 Å². The fourth-order valence-corrected chi connectivity index (χ4v) is 5.71. The molecular formula is C31H36N2O3S. The molecule has 1 aliphatic heterocycles. The van der Waals surface area contributed by atoms with E-state index in [1.165, 1.54) is 11.8 Å². The van der Waals surface area contributed by atoms with Gasteiger partial charge in [0.25, 0.3) is 0 Å². The Bertz CT molecular complexity index is 1230. The largest absolute Gasteiger partial charge is 0.494 e. The van der Waals surface area contributed by atoms with Gasteiger partial charge in [0.15, 0.2) is 0 Å². The highest BCUT2D eigenvalue weighted by atomic mass is 32.2. The van der Waals surface area contributed by atoms with Gasteiger partial charge in [0.1, 0.15) is 11.0 Å². The number of benzene rings is 3. The maximum Gasteiger partial charge on any atom is 0.241 e. The second-order valence-electron chi connectivity index (χ2n) is 9.65. The molecule has 0 saturated heterocycles. The van der Waals surface area contributed by atoms with Crippen LogP contribution in [0.4, 0.5) is 5.69 Å². The lowest BCUT2D eigenvalue weighted by atomic mass is 10.0. The molecule has 194 valence electrons. The fraction of sp³-hybridized carbons (Fsp3) is 0.355. The summed E-state index contributed by atoms with van der Waals surface area (Å²) in [6, 6.07) is 23.7. The third kappa shape index (κ3) is 6.37. The number of thioether (sulfide) groups is 1. The van der Waals surface area contributed by atoms with Crippen molar-refractivity contribution < 1.29 is 14.3 Å². The lowest BCUT2D eigenvalue weighted by Crippen LogP contribution is -2.47. The smallest absolute Gasteiger partial charge is 0.241 e. The Morgan fingerprint density at radius 3 is 2.46 bits per heavy atom. The first-order chi connectivity index (χ1) is 17.9. The maximum atomic E-state index is 13.8. The number of carbonyl (C=O) groups excluding carboxylic acids is 2. The number of rotatable bonds is 10. The minimum Gasteiger partial charge on any atom is -0.494 e. The number of amides is 2. The first-order valence-corrected chi connectivity index (χ1v) is 13.9. The summed E-state index contributed by atoms with van der Waals surface area (Å²) in [5.41, 5.74) is 4.14. The topological polar surface area (TPSA) is 58.6 Å². The molecule has 0 radical (unpaired) electrons. The standard InChI is InChI=1S/C31H36N2O3S/c1-5-6-19-36-26-17-15-24(16-18-26)23(4)32-30(34)22(3)29-31(35)33(20-25-12-8-7-11-21(25)2)27-13-9-10-14-28(27)37-29/h7-18,22-23,29H,5-6,19-20H2,1-4H3,(H,32,34)/t22-,23-,29+/m0/s1. The van der Waals surface area contributed by atoms with E-state index < -0.39 is 11.2 Å². The third-order valence-corrected chi connectivity index (χ3v) is 8.35. The summed E-state index contributed by atoms with van der Waals surface area (Å²) < 4.78 is 5.75. The van der Waals surface area contributed by atoms with Crippen molar-refractivity contribution in [1.82, 2.24) is 5.32 Å². The lowest BCUT2D eigenvalue weighted by Gasteiger charge is -2.36. The van der Waals surface area contributed by atoms with Gasteiger partial charge in [0.2, 0.25) is 11.8 Å². The van der Waals surface area contributed by atoms with Crippen LogP contribution in [-0.2, 0) is 16.1 Å². The van der Waals surface area contributed by atoms with Gasteiger partial charge < -0.3 is 15.0 Å². The highest BCUT2D eigenvalue weighted by Crippen LogP contribution is 2.42. The number of hydrogen-bond acceptors (Lipinski definition) is 4. The molecule has 3 aromatic rings. The SMILES string of the molecule is CCCCOc1ccc([C@H](C)NC(=O)[C@@H](C)[C@H]2Sc3ccccc3N(Cc3ccccc3C)C2=O)cc1. The summed E-state index contributed by atoms with van der Waals surface area (Å²) in [4.78, 5) is 29.9. The van der Waals surface area contributed by atoms with E-state index >= 15 is 0 Å². The van der Waals surface area contributed by atoms with Gasteiger partial charge in [0.05, 0.1) is 30.8 Å². The van der Waals surface area contributed by atoms with Gasteiger partial charge in [-0.3, -0.25) is 9.59 Å². The van der Waals surface area contributed by atoms with E-state index in [1.54, 1.807) is 0 Å². The Kier molecular flexibility index (Phi) is 8.93. The average Bonchev–Trinajstić information content (AvgIpc) is 2.91. The molecule has 6 heteroatoms. The third-order valence-electron chi connectivity index (χ3n) is 6.88. The Morgan fingerprint density at radius 2 is 1.73 bits per heavy atom. The van der Waals surface area contributed by atoms with Crippen LogP contribution in [-0.4, -0.2) is 23.7 Å². The van der Waals surface area contributed by atoms with Crippen LogP contribution in [0.1, 0.15) is 56.3 Å². The van der Waals surface area contributed by atoms with Gasteiger partial charge in [-0.25, -0.2) is 0 Å². The summed E-state index contributed by atoms with van der Waals surface area (Å²) in [6.45, 7) is 9.20. The summed E-state index contributed by atoms with van der Waals surface area (Å²) in [7, 11) is 0. The van der Waals surface area contributed by atoms with E-state index in [2.05, 4.69) is 31.3 Å². The number of nitrogens with one attached hydrogen (secondary N) is 1. The molecule has 4 rings (SSSR count). The van der Waals surface area contributed by atoms with Crippen LogP contribution in [0.5, 0.6) is 5.75 Å². The zero-order valence-electron chi connectivity index (χ0n) is 22.1. The summed E-state index contributed by atoms with van der Waals surface area (Å²) in [5.74, 6) is 0.178. The van der Waals surface area contributed by atoms with E-state index in [0.717, 1.165) is 45.9 Å². The van der Waals surface area contributed by atoms with Gasteiger partial charge in [-0.1, -0.05) is 68.8 Å². The molecule has 1 N–H and O–H groups in total. The predicted molar refractivity (Wildman–Crippen MR) is 151 cm³/mol. The molecule has 0 aromatic heterocycles. The van der Waals surface area contributed by atoms with E-state index in [9.17, 15) is 9.59 Å². The Hall–Kier alpha value is -3.25. The van der Waals surface area contributed by atoms with Gasteiger partial charge in [-0.05, 0) is 61.2 Å². The second-order valence-corrected chi connectivity index (χ2v) is 10.8. The molecule has 3 atom stereocenters. The molecule has 0 fully saturated rings. The molecule has 3 aromatic carbocycles. The normalized spacial score (nSPS) is 16.6. The van der Waals surface area contributed by atoms with Crippen LogP contribution < -0.4 is 15.0 Å². The fourth-order valence-electron chi connectivity index (χ4n) is 4.43. The monoisotopic (exact) mass is 516 g/mol. The summed E-state index contributed by atoms with van der Waals surface area (Å²) in [6.07, 6.45) is 2.12. The van der Waals surface area contributed by atoms with E-state index in [-0.39, 0.29) is 17.9 Å². The van der Waals surface area contributed by atoms with Crippen molar-refractivity contribution in [2.75, 3.05) is 11.5 Å². The van der Waals surface area contributed by atoms with Crippen LogP contribution in [0, 0.1) is 12.8 Å². The second kappa shape index (κ2) is 12.3. The molecule has 1 aliphatic rings. The van der Waals surface area contributed by atoms with Gasteiger partial charge in [-0.2, -0.15) is 0 Å². The molecule has 5 nitrogen and oxygen atoms in total. The minimum atomic E-state index is -0.500. The van der Waals surface area contributed by atoms with Crippen LogP contribution in [0.25, 0.3) is 0 Å². The quantitative estimate of drug-likeness (QED) is 0.305. The maximum absolute atomic E-state index is 13.8. The molecule has 0 saturated carbocycles. The van der Waals surface area contributed by atoms with Crippen molar-refractivity contribution in [3.05, 3.63) is 89.5 Å². The first-order valence-electron chi connectivity index (χ1n) is 13.0.